The molecule has 0 aliphatic heterocycles. The molecule has 0 aromatic rings. The van der Waals surface area contributed by atoms with Crippen LogP contribution in [-0.2, 0) is 75.9 Å². The second-order valence-electron chi connectivity index (χ2n) is 13.0. The first kappa shape index (κ1) is 50.5. The van der Waals surface area contributed by atoms with E-state index in [9.17, 15) is 9.59 Å². The SMILES string of the molecule is CC(C)(C)OC(=O)CCOCCOCCOCCOCCOCCOCCOCCOCCOCCOCCOCCOCCC(=O)OC(C)(C)C. The van der Waals surface area contributed by atoms with E-state index in [1.165, 1.54) is 0 Å². The third-order valence-corrected chi connectivity index (χ3v) is 5.83. The van der Waals surface area contributed by atoms with Crippen LogP contribution >= 0.6 is 0 Å². The van der Waals surface area contributed by atoms with Gasteiger partial charge < -0.3 is 66.3 Å². The highest BCUT2D eigenvalue weighted by atomic mass is 16.6. The van der Waals surface area contributed by atoms with E-state index in [4.69, 9.17) is 66.3 Å². The highest BCUT2D eigenvalue weighted by Crippen LogP contribution is 2.09. The predicted octanol–water partition coefficient (Wildman–Crippen LogP) is 2.65. The van der Waals surface area contributed by atoms with Crippen LogP contribution in [0.5, 0.6) is 0 Å². The minimum Gasteiger partial charge on any atom is -0.460 e. The van der Waals surface area contributed by atoms with Crippen molar-refractivity contribution >= 4 is 11.9 Å². The van der Waals surface area contributed by atoms with Crippen LogP contribution in [0.2, 0.25) is 0 Å². The average Bonchev–Trinajstić information content (AvgIpc) is 3.06. The molecule has 16 heteroatoms. The smallest absolute Gasteiger partial charge is 0.308 e. The number of hydrogen-bond acceptors (Lipinski definition) is 16. The van der Waals surface area contributed by atoms with Gasteiger partial charge in [0.15, 0.2) is 0 Å². The van der Waals surface area contributed by atoms with Gasteiger partial charge in [-0.25, -0.2) is 0 Å². The fourth-order valence-corrected chi connectivity index (χ4v) is 3.62. The van der Waals surface area contributed by atoms with Gasteiger partial charge in [0.2, 0.25) is 0 Å². The van der Waals surface area contributed by atoms with Crippen LogP contribution in [0.4, 0.5) is 0 Å². The molecule has 0 atom stereocenters. The summed E-state index contributed by atoms with van der Waals surface area (Å²) in [5, 5.41) is 0. The lowest BCUT2D eigenvalue weighted by Crippen LogP contribution is -2.24. The zero-order chi connectivity index (χ0) is 38.4. The van der Waals surface area contributed by atoms with Crippen molar-refractivity contribution in [1.82, 2.24) is 0 Å². The summed E-state index contributed by atoms with van der Waals surface area (Å²) < 4.78 is 75.8. The Morgan fingerprint density at radius 2 is 0.404 bits per heavy atom. The molecule has 0 radical (unpaired) electrons. The van der Waals surface area contributed by atoms with Gasteiger partial charge in [-0.2, -0.15) is 0 Å². The summed E-state index contributed by atoms with van der Waals surface area (Å²) >= 11 is 0. The van der Waals surface area contributed by atoms with Gasteiger partial charge in [-0.05, 0) is 41.5 Å². The first-order valence-electron chi connectivity index (χ1n) is 18.4. The Kier molecular flexibility index (Phi) is 35.4. The summed E-state index contributed by atoms with van der Waals surface area (Å²) in [5.41, 5.74) is -0.956. The quantitative estimate of drug-likeness (QED) is 0.0664. The van der Waals surface area contributed by atoms with E-state index < -0.39 is 11.2 Å². The van der Waals surface area contributed by atoms with E-state index in [1.807, 2.05) is 41.5 Å². The molecule has 0 rings (SSSR count). The number of carbonyl (C=O) groups is 2. The normalized spacial score (nSPS) is 12.0. The van der Waals surface area contributed by atoms with Crippen molar-refractivity contribution in [3.8, 4) is 0 Å². The molecule has 0 unspecified atom stereocenters. The van der Waals surface area contributed by atoms with Crippen LogP contribution in [0.3, 0.4) is 0 Å². The lowest BCUT2D eigenvalue weighted by atomic mass is 10.2. The molecule has 0 aliphatic rings. The van der Waals surface area contributed by atoms with Crippen molar-refractivity contribution in [1.29, 1.82) is 0 Å². The Morgan fingerprint density at radius 3 is 0.538 bits per heavy atom. The highest BCUT2D eigenvalue weighted by molar-refractivity contribution is 5.70. The largest absolute Gasteiger partial charge is 0.460 e. The van der Waals surface area contributed by atoms with Crippen molar-refractivity contribution in [3.05, 3.63) is 0 Å². The molecule has 52 heavy (non-hydrogen) atoms. The second kappa shape index (κ2) is 36.4. The van der Waals surface area contributed by atoms with E-state index in [2.05, 4.69) is 0 Å². The number of hydrogen-bond donors (Lipinski definition) is 0. The molecule has 0 aliphatic carbocycles. The predicted molar refractivity (Wildman–Crippen MR) is 191 cm³/mol. The van der Waals surface area contributed by atoms with Gasteiger partial charge in [0, 0.05) is 0 Å². The average molecular weight is 759 g/mol. The van der Waals surface area contributed by atoms with Gasteiger partial charge in [0.1, 0.15) is 11.2 Å². The van der Waals surface area contributed by atoms with Crippen LogP contribution in [0.15, 0.2) is 0 Å². The van der Waals surface area contributed by atoms with Gasteiger partial charge >= 0.3 is 11.9 Å². The van der Waals surface area contributed by atoms with Crippen LogP contribution in [0, 0.1) is 0 Å². The van der Waals surface area contributed by atoms with E-state index >= 15 is 0 Å². The van der Waals surface area contributed by atoms with E-state index in [0.717, 1.165) is 0 Å². The highest BCUT2D eigenvalue weighted by Gasteiger charge is 2.16. The topological polar surface area (TPSA) is 163 Å². The van der Waals surface area contributed by atoms with Gasteiger partial charge in [-0.1, -0.05) is 0 Å². The van der Waals surface area contributed by atoms with Crippen molar-refractivity contribution in [3.63, 3.8) is 0 Å². The number of carbonyl (C=O) groups excluding carboxylic acids is 2. The Hall–Kier alpha value is -1.54. The van der Waals surface area contributed by atoms with Crippen molar-refractivity contribution < 1.29 is 75.9 Å². The minimum atomic E-state index is -0.478. The molecular formula is C36H70O16. The van der Waals surface area contributed by atoms with Crippen molar-refractivity contribution in [2.75, 3.05) is 159 Å². The fourth-order valence-electron chi connectivity index (χ4n) is 3.62. The molecule has 310 valence electrons. The summed E-state index contributed by atoms with van der Waals surface area (Å²) in [7, 11) is 0. The molecule has 0 aromatic carbocycles. The molecule has 0 heterocycles. The summed E-state index contributed by atoms with van der Waals surface area (Å²) in [6.45, 7) is 22.0. The lowest BCUT2D eigenvalue weighted by Gasteiger charge is -2.19. The molecule has 0 fully saturated rings. The molecule has 0 saturated carbocycles. The Bertz CT molecular complexity index is 723. The third-order valence-electron chi connectivity index (χ3n) is 5.83. The third kappa shape index (κ3) is 44.6. The van der Waals surface area contributed by atoms with E-state index in [0.29, 0.717) is 159 Å². The summed E-state index contributed by atoms with van der Waals surface area (Å²) in [6.07, 6.45) is 0.455. The fraction of sp³-hybridized carbons (Fsp3) is 0.944. The maximum absolute atomic E-state index is 11.6. The first-order chi connectivity index (χ1) is 25.0. The van der Waals surface area contributed by atoms with Crippen LogP contribution in [0.25, 0.3) is 0 Å². The Morgan fingerprint density at radius 1 is 0.269 bits per heavy atom. The van der Waals surface area contributed by atoms with Crippen LogP contribution in [0.1, 0.15) is 54.4 Å². The monoisotopic (exact) mass is 758 g/mol. The summed E-state index contributed by atoms with van der Waals surface area (Å²) in [4.78, 5) is 23.1. The van der Waals surface area contributed by atoms with E-state index in [-0.39, 0.29) is 24.8 Å². The molecular weight excluding hydrogens is 688 g/mol. The zero-order valence-corrected chi connectivity index (χ0v) is 32.9. The maximum atomic E-state index is 11.6. The maximum Gasteiger partial charge on any atom is 0.308 e. The lowest BCUT2D eigenvalue weighted by molar-refractivity contribution is -0.157. The molecule has 0 N–H and O–H groups in total. The van der Waals surface area contributed by atoms with Gasteiger partial charge in [0.25, 0.3) is 0 Å². The standard InChI is InChI=1S/C36H70O16/c1-35(2,3)51-33(37)7-9-39-11-13-41-15-17-43-19-21-45-23-25-47-27-29-49-31-32-50-30-28-48-26-24-46-22-20-44-18-16-42-14-12-40-10-8-34(38)52-36(4,5)6/h7-32H2,1-6H3. The van der Waals surface area contributed by atoms with Crippen LogP contribution < -0.4 is 0 Å². The molecule has 0 bridgehead atoms. The Labute approximate surface area is 311 Å². The van der Waals surface area contributed by atoms with Crippen molar-refractivity contribution in [2.45, 2.75) is 65.6 Å². The minimum absolute atomic E-state index is 0.227. The number of esters is 2. The second-order valence-corrected chi connectivity index (χ2v) is 13.0. The zero-order valence-electron chi connectivity index (χ0n) is 32.9. The molecule has 0 spiro atoms. The summed E-state index contributed by atoms with van der Waals surface area (Å²) in [5.74, 6) is -0.537. The molecule has 0 aromatic heterocycles. The Balaban J connectivity index is 3.13. The van der Waals surface area contributed by atoms with Gasteiger partial charge in [0.05, 0.1) is 171 Å². The first-order valence-corrected chi connectivity index (χ1v) is 18.4. The summed E-state index contributed by atoms with van der Waals surface area (Å²) in [6, 6.07) is 0. The number of ether oxygens (including phenoxy) is 14. The molecule has 0 saturated heterocycles. The van der Waals surface area contributed by atoms with E-state index in [1.54, 1.807) is 0 Å². The molecule has 0 amide bonds. The van der Waals surface area contributed by atoms with Crippen LogP contribution in [-0.4, -0.2) is 182 Å². The number of rotatable bonds is 39. The molecule has 16 nitrogen and oxygen atoms in total. The van der Waals surface area contributed by atoms with Gasteiger partial charge in [-0.3, -0.25) is 9.59 Å². The van der Waals surface area contributed by atoms with Crippen molar-refractivity contribution in [2.24, 2.45) is 0 Å². The van der Waals surface area contributed by atoms with Gasteiger partial charge in [-0.15, -0.1) is 0 Å².